The van der Waals surface area contributed by atoms with E-state index in [2.05, 4.69) is 4.98 Å². The van der Waals surface area contributed by atoms with Crippen LogP contribution in [0.1, 0.15) is 15.9 Å². The lowest BCUT2D eigenvalue weighted by molar-refractivity contribution is 0.101. The summed E-state index contributed by atoms with van der Waals surface area (Å²) in [5.41, 5.74) is 2.02. The van der Waals surface area contributed by atoms with Crippen LogP contribution in [0.25, 0.3) is 10.9 Å². The summed E-state index contributed by atoms with van der Waals surface area (Å²) in [6.07, 6.45) is 0. The molecular weight excluding hydrogens is 396 g/mol. The van der Waals surface area contributed by atoms with Gasteiger partial charge >= 0.3 is 0 Å². The molecule has 4 rings (SSSR count). The second-order valence-corrected chi connectivity index (χ2v) is 7.64. The van der Waals surface area contributed by atoms with Gasteiger partial charge in [-0.2, -0.15) is 0 Å². The summed E-state index contributed by atoms with van der Waals surface area (Å²) in [5.74, 6) is 0.613. The van der Waals surface area contributed by atoms with E-state index in [1.54, 1.807) is 35.9 Å². The number of carbonyl (C=O) groups excluding carboxylic acids is 1. The first kappa shape index (κ1) is 19.9. The van der Waals surface area contributed by atoms with Crippen LogP contribution in [0.2, 0.25) is 0 Å². The van der Waals surface area contributed by atoms with Gasteiger partial charge in [0.15, 0.2) is 10.9 Å². The van der Waals surface area contributed by atoms with E-state index in [1.165, 1.54) is 11.8 Å². The lowest BCUT2D eigenvalue weighted by atomic mass is 10.1. The van der Waals surface area contributed by atoms with Gasteiger partial charge in [0, 0.05) is 0 Å². The summed E-state index contributed by atoms with van der Waals surface area (Å²) in [7, 11) is 1.54. The molecule has 1 aromatic heterocycles. The Morgan fingerprint density at radius 1 is 0.967 bits per heavy atom. The van der Waals surface area contributed by atoms with Crippen LogP contribution in [0.15, 0.2) is 88.8 Å². The molecule has 0 N–H and O–H groups in total. The average molecular weight is 417 g/mol. The maximum absolute atomic E-state index is 13.2. The summed E-state index contributed by atoms with van der Waals surface area (Å²) in [6, 6.07) is 24.2. The van der Waals surface area contributed by atoms with E-state index in [9.17, 15) is 9.59 Å². The normalized spacial score (nSPS) is 10.8. The minimum atomic E-state index is -0.114. The van der Waals surface area contributed by atoms with Crippen molar-refractivity contribution in [1.29, 1.82) is 0 Å². The molecule has 0 spiro atoms. The highest BCUT2D eigenvalue weighted by Crippen LogP contribution is 2.23. The number of hydrogen-bond donors (Lipinski definition) is 0. The van der Waals surface area contributed by atoms with Gasteiger partial charge in [-0.1, -0.05) is 66.4 Å². The number of aromatic nitrogens is 2. The third-order valence-electron chi connectivity index (χ3n) is 4.75. The quantitative estimate of drug-likeness (QED) is 0.253. The number of para-hydroxylation sites is 2. The van der Waals surface area contributed by atoms with Gasteiger partial charge in [-0.3, -0.25) is 14.2 Å². The van der Waals surface area contributed by atoms with Gasteiger partial charge in [0.1, 0.15) is 5.75 Å². The molecule has 0 bridgehead atoms. The Balaban J connectivity index is 1.69. The number of Topliss-reactive ketones (excluding diaryl/α,β-unsaturated/α-hetero) is 1. The largest absolute Gasteiger partial charge is 0.496 e. The number of ether oxygens (including phenoxy) is 1. The summed E-state index contributed by atoms with van der Waals surface area (Å²) < 4.78 is 6.93. The van der Waals surface area contributed by atoms with Crippen LogP contribution < -0.4 is 10.3 Å². The van der Waals surface area contributed by atoms with Crippen LogP contribution in [0.3, 0.4) is 0 Å². The zero-order valence-electron chi connectivity index (χ0n) is 16.4. The van der Waals surface area contributed by atoms with Gasteiger partial charge in [-0.15, -0.1) is 0 Å². The molecule has 0 aliphatic rings. The molecule has 30 heavy (non-hydrogen) atoms. The first-order valence-electron chi connectivity index (χ1n) is 9.50. The number of fused-ring (bicyclic) bond motifs is 1. The zero-order valence-corrected chi connectivity index (χ0v) is 17.3. The maximum Gasteiger partial charge on any atom is 0.262 e. The highest BCUT2D eigenvalue weighted by molar-refractivity contribution is 7.99. The molecule has 6 heteroatoms. The van der Waals surface area contributed by atoms with Gasteiger partial charge in [0.2, 0.25) is 0 Å². The topological polar surface area (TPSA) is 61.2 Å². The minimum absolute atomic E-state index is 0.0777. The first-order chi connectivity index (χ1) is 14.7. The van der Waals surface area contributed by atoms with Gasteiger partial charge in [0.05, 0.1) is 35.9 Å². The molecule has 1 heterocycles. The number of rotatable bonds is 7. The lowest BCUT2D eigenvalue weighted by Crippen LogP contribution is -2.24. The van der Waals surface area contributed by atoms with Crippen LogP contribution in [0.4, 0.5) is 0 Å². The van der Waals surface area contributed by atoms with Gasteiger partial charge in [0.25, 0.3) is 5.56 Å². The molecule has 0 saturated carbocycles. The molecule has 0 saturated heterocycles. The van der Waals surface area contributed by atoms with Gasteiger partial charge in [-0.25, -0.2) is 4.98 Å². The molecule has 3 aromatic carbocycles. The van der Waals surface area contributed by atoms with Crippen LogP contribution in [0, 0.1) is 0 Å². The number of methoxy groups -OCH3 is 1. The number of ketones is 1. The molecule has 0 unspecified atom stereocenters. The van der Waals surface area contributed by atoms with E-state index in [4.69, 9.17) is 4.74 Å². The van der Waals surface area contributed by atoms with Crippen molar-refractivity contribution in [3.05, 3.63) is 100 Å². The first-order valence-corrected chi connectivity index (χ1v) is 10.5. The highest BCUT2D eigenvalue weighted by atomic mass is 32.2. The molecule has 5 nitrogen and oxygen atoms in total. The van der Waals surface area contributed by atoms with E-state index in [1.807, 2.05) is 54.6 Å². The Labute approximate surface area is 178 Å². The fourth-order valence-corrected chi connectivity index (χ4v) is 4.13. The van der Waals surface area contributed by atoms with Crippen molar-refractivity contribution in [3.63, 3.8) is 0 Å². The second kappa shape index (κ2) is 8.97. The van der Waals surface area contributed by atoms with Crippen molar-refractivity contribution in [2.45, 2.75) is 11.7 Å². The average Bonchev–Trinajstić information content (AvgIpc) is 2.80. The number of thioether (sulfide) groups is 1. The molecule has 0 amide bonds. The van der Waals surface area contributed by atoms with E-state index in [-0.39, 0.29) is 17.1 Å². The van der Waals surface area contributed by atoms with E-state index >= 15 is 0 Å². The fraction of sp³-hybridized carbons (Fsp3) is 0.125. The molecule has 0 aliphatic heterocycles. The predicted octanol–water partition coefficient (Wildman–Crippen LogP) is 4.43. The summed E-state index contributed by atoms with van der Waals surface area (Å²) in [6.45, 7) is 0.392. The maximum atomic E-state index is 13.2. The summed E-state index contributed by atoms with van der Waals surface area (Å²) in [5, 5.41) is 1.08. The third kappa shape index (κ3) is 4.14. The van der Waals surface area contributed by atoms with Crippen LogP contribution >= 0.6 is 11.8 Å². The number of benzene rings is 3. The standard InChI is InChI=1S/C24H20N2O3S/c1-29-22-14-8-6-12-19(22)21(27)16-30-24-25-20-13-7-5-11-18(20)23(28)26(24)15-17-9-3-2-4-10-17/h2-14H,15-16H2,1H3. The minimum Gasteiger partial charge on any atom is -0.496 e. The van der Waals surface area contributed by atoms with Gasteiger partial charge in [-0.05, 0) is 29.8 Å². The van der Waals surface area contributed by atoms with Crippen molar-refractivity contribution in [2.75, 3.05) is 12.9 Å². The monoisotopic (exact) mass is 416 g/mol. The Hall–Kier alpha value is -3.38. The number of hydrogen-bond acceptors (Lipinski definition) is 5. The van der Waals surface area contributed by atoms with E-state index in [0.29, 0.717) is 33.9 Å². The lowest BCUT2D eigenvalue weighted by Gasteiger charge is -2.13. The van der Waals surface area contributed by atoms with Crippen molar-refractivity contribution >= 4 is 28.4 Å². The zero-order chi connectivity index (χ0) is 20.9. The molecular formula is C24H20N2O3S. The van der Waals surface area contributed by atoms with Crippen molar-refractivity contribution in [1.82, 2.24) is 9.55 Å². The van der Waals surface area contributed by atoms with Crippen molar-refractivity contribution < 1.29 is 9.53 Å². The molecule has 4 aromatic rings. The Kier molecular flexibility index (Phi) is 5.95. The molecule has 0 fully saturated rings. The van der Waals surface area contributed by atoms with Crippen LogP contribution in [-0.4, -0.2) is 28.2 Å². The van der Waals surface area contributed by atoms with Crippen LogP contribution in [-0.2, 0) is 6.54 Å². The highest BCUT2D eigenvalue weighted by Gasteiger charge is 2.16. The Morgan fingerprint density at radius 3 is 2.47 bits per heavy atom. The van der Waals surface area contributed by atoms with Gasteiger partial charge < -0.3 is 4.74 Å². The number of carbonyl (C=O) groups is 1. The van der Waals surface area contributed by atoms with E-state index < -0.39 is 0 Å². The van der Waals surface area contributed by atoms with Crippen LogP contribution in [0.5, 0.6) is 5.75 Å². The molecule has 0 aliphatic carbocycles. The SMILES string of the molecule is COc1ccccc1C(=O)CSc1nc2ccccc2c(=O)n1Cc1ccccc1. The molecule has 0 atom stereocenters. The van der Waals surface area contributed by atoms with Crippen molar-refractivity contribution in [2.24, 2.45) is 0 Å². The Bertz CT molecular complexity index is 1250. The Morgan fingerprint density at radius 2 is 1.67 bits per heavy atom. The van der Waals surface area contributed by atoms with Crippen molar-refractivity contribution in [3.8, 4) is 5.75 Å². The second-order valence-electron chi connectivity index (χ2n) is 6.70. The smallest absolute Gasteiger partial charge is 0.262 e. The predicted molar refractivity (Wildman–Crippen MR) is 120 cm³/mol. The molecule has 0 radical (unpaired) electrons. The number of nitrogens with zero attached hydrogens (tertiary/aromatic N) is 2. The fourth-order valence-electron chi connectivity index (χ4n) is 3.25. The summed E-state index contributed by atoms with van der Waals surface area (Å²) in [4.78, 5) is 30.7. The summed E-state index contributed by atoms with van der Waals surface area (Å²) >= 11 is 1.26. The van der Waals surface area contributed by atoms with E-state index in [0.717, 1.165) is 5.56 Å². The molecule has 150 valence electrons. The third-order valence-corrected chi connectivity index (χ3v) is 5.73.